The average molecular weight is 247 g/mol. The zero-order valence-corrected chi connectivity index (χ0v) is 10.6. The number of aromatic nitrogens is 1. The topological polar surface area (TPSA) is 31.4 Å². The van der Waals surface area contributed by atoms with E-state index >= 15 is 0 Å². The third-order valence-corrected chi connectivity index (χ3v) is 3.26. The predicted molar refractivity (Wildman–Crippen MR) is 69.8 cm³/mol. The molecule has 0 aliphatic rings. The van der Waals surface area contributed by atoms with Gasteiger partial charge in [0.2, 0.25) is 0 Å². The number of hydrogen-bond acceptors (Lipinski definition) is 4. The van der Waals surface area contributed by atoms with Gasteiger partial charge < -0.3 is 9.47 Å². The lowest BCUT2D eigenvalue weighted by Crippen LogP contribution is -1.93. The molecule has 1 aromatic carbocycles. The third-order valence-electron chi connectivity index (χ3n) is 2.42. The Bertz CT molecular complexity index is 520. The van der Waals surface area contributed by atoms with Crippen LogP contribution in [0.25, 0.3) is 5.57 Å². The second-order valence-corrected chi connectivity index (χ2v) is 4.28. The minimum Gasteiger partial charge on any atom is -0.497 e. The summed E-state index contributed by atoms with van der Waals surface area (Å²) < 4.78 is 10.5. The first kappa shape index (κ1) is 11.7. The maximum absolute atomic E-state index is 5.34. The minimum atomic E-state index is 0.740. The molecule has 0 spiro atoms. The molecule has 4 heteroatoms. The highest BCUT2D eigenvalue weighted by Crippen LogP contribution is 2.33. The largest absolute Gasteiger partial charge is 0.497 e. The molecular weight excluding hydrogens is 234 g/mol. The second-order valence-electron chi connectivity index (χ2n) is 3.38. The molecule has 2 aromatic rings. The first-order valence-corrected chi connectivity index (χ1v) is 5.95. The van der Waals surface area contributed by atoms with Crippen LogP contribution in [0.5, 0.6) is 11.5 Å². The molecule has 0 saturated heterocycles. The van der Waals surface area contributed by atoms with Crippen molar-refractivity contribution in [1.29, 1.82) is 0 Å². The molecule has 0 radical (unpaired) electrons. The Morgan fingerprint density at radius 2 is 2.12 bits per heavy atom. The molecule has 17 heavy (non-hydrogen) atoms. The molecule has 0 aliphatic carbocycles. The first-order chi connectivity index (χ1) is 8.26. The lowest BCUT2D eigenvalue weighted by atomic mass is 10.1. The van der Waals surface area contributed by atoms with Crippen LogP contribution in [-0.4, -0.2) is 19.2 Å². The summed E-state index contributed by atoms with van der Waals surface area (Å²) in [5, 5.41) is 2.82. The van der Waals surface area contributed by atoms with E-state index in [0.29, 0.717) is 0 Å². The second kappa shape index (κ2) is 5.01. The van der Waals surface area contributed by atoms with Gasteiger partial charge in [0.05, 0.1) is 14.2 Å². The third kappa shape index (κ3) is 2.31. The summed E-state index contributed by atoms with van der Waals surface area (Å²) in [7, 11) is 3.26. The molecule has 0 aliphatic heterocycles. The number of benzene rings is 1. The fourth-order valence-electron chi connectivity index (χ4n) is 1.54. The Morgan fingerprint density at radius 1 is 1.29 bits per heavy atom. The molecule has 0 N–H and O–H groups in total. The van der Waals surface area contributed by atoms with Gasteiger partial charge in [-0.25, -0.2) is 4.98 Å². The fraction of sp³-hybridized carbons (Fsp3) is 0.154. The zero-order chi connectivity index (χ0) is 12.3. The van der Waals surface area contributed by atoms with E-state index in [9.17, 15) is 0 Å². The predicted octanol–water partition coefficient (Wildman–Crippen LogP) is 3.22. The quantitative estimate of drug-likeness (QED) is 0.831. The highest BCUT2D eigenvalue weighted by molar-refractivity contribution is 7.10. The molecule has 0 unspecified atom stereocenters. The zero-order valence-electron chi connectivity index (χ0n) is 9.77. The molecule has 0 atom stereocenters. The van der Waals surface area contributed by atoms with Crippen LogP contribution in [0.15, 0.2) is 36.4 Å². The maximum Gasteiger partial charge on any atom is 0.130 e. The summed E-state index contributed by atoms with van der Waals surface area (Å²) in [5.74, 6) is 1.50. The van der Waals surface area contributed by atoms with Crippen LogP contribution in [0.2, 0.25) is 0 Å². The van der Waals surface area contributed by atoms with Crippen molar-refractivity contribution in [1.82, 2.24) is 4.98 Å². The summed E-state index contributed by atoms with van der Waals surface area (Å²) >= 11 is 1.56. The van der Waals surface area contributed by atoms with Crippen molar-refractivity contribution in [3.63, 3.8) is 0 Å². The smallest absolute Gasteiger partial charge is 0.130 e. The van der Waals surface area contributed by atoms with Crippen molar-refractivity contribution in [3.8, 4) is 11.5 Å². The summed E-state index contributed by atoms with van der Waals surface area (Å²) in [4.78, 5) is 4.24. The van der Waals surface area contributed by atoms with Crippen LogP contribution in [0, 0.1) is 0 Å². The number of thiazole rings is 1. The Balaban J connectivity index is 2.41. The van der Waals surface area contributed by atoms with Gasteiger partial charge in [-0.15, -0.1) is 11.3 Å². The van der Waals surface area contributed by atoms with Crippen LogP contribution in [0.4, 0.5) is 0 Å². The van der Waals surface area contributed by atoms with Gasteiger partial charge in [-0.1, -0.05) is 6.58 Å². The number of rotatable bonds is 4. The van der Waals surface area contributed by atoms with Gasteiger partial charge in [-0.05, 0) is 12.1 Å². The van der Waals surface area contributed by atoms with E-state index in [1.54, 1.807) is 31.8 Å². The van der Waals surface area contributed by atoms with Crippen LogP contribution < -0.4 is 9.47 Å². The van der Waals surface area contributed by atoms with Crippen LogP contribution in [0.1, 0.15) is 10.6 Å². The Kier molecular flexibility index (Phi) is 3.44. The molecule has 3 nitrogen and oxygen atoms in total. The Labute approximate surface area is 104 Å². The molecule has 1 aromatic heterocycles. The summed E-state index contributed by atoms with van der Waals surface area (Å²) in [5.41, 5.74) is 1.79. The van der Waals surface area contributed by atoms with Gasteiger partial charge in [0.1, 0.15) is 16.5 Å². The van der Waals surface area contributed by atoms with Crippen molar-refractivity contribution in [2.24, 2.45) is 0 Å². The molecule has 0 bridgehead atoms. The molecule has 2 rings (SSSR count). The van der Waals surface area contributed by atoms with E-state index < -0.39 is 0 Å². The molecule has 88 valence electrons. The van der Waals surface area contributed by atoms with E-state index in [0.717, 1.165) is 27.6 Å². The molecule has 0 saturated carbocycles. The van der Waals surface area contributed by atoms with Crippen molar-refractivity contribution in [2.75, 3.05) is 14.2 Å². The Hall–Kier alpha value is -1.81. The number of methoxy groups -OCH3 is 2. The van der Waals surface area contributed by atoms with E-state index in [4.69, 9.17) is 9.47 Å². The van der Waals surface area contributed by atoms with Crippen molar-refractivity contribution in [3.05, 3.63) is 46.9 Å². The SMILES string of the molecule is C=C(c1nccs1)c1ccc(OC)cc1OC. The van der Waals surface area contributed by atoms with Gasteiger partial charge in [0.15, 0.2) is 0 Å². The van der Waals surface area contributed by atoms with Gasteiger partial charge in [-0.3, -0.25) is 0 Å². The number of ether oxygens (including phenoxy) is 2. The van der Waals surface area contributed by atoms with E-state index in [1.165, 1.54) is 0 Å². The number of hydrogen-bond donors (Lipinski definition) is 0. The fourth-order valence-corrected chi connectivity index (χ4v) is 2.16. The summed E-state index contributed by atoms with van der Waals surface area (Å²) in [6.07, 6.45) is 1.77. The van der Waals surface area contributed by atoms with Crippen molar-refractivity contribution in [2.45, 2.75) is 0 Å². The minimum absolute atomic E-state index is 0.740. The molecular formula is C13H13NO2S. The van der Waals surface area contributed by atoms with Crippen molar-refractivity contribution >= 4 is 16.9 Å². The average Bonchev–Trinajstić information content (AvgIpc) is 2.91. The van der Waals surface area contributed by atoms with Gasteiger partial charge >= 0.3 is 0 Å². The van der Waals surface area contributed by atoms with Crippen molar-refractivity contribution < 1.29 is 9.47 Å². The number of nitrogens with zero attached hydrogens (tertiary/aromatic N) is 1. The lowest BCUT2D eigenvalue weighted by Gasteiger charge is -2.10. The molecule has 0 amide bonds. The summed E-state index contributed by atoms with van der Waals surface area (Å²) in [6.45, 7) is 4.06. The highest BCUT2D eigenvalue weighted by Gasteiger charge is 2.11. The normalized spacial score (nSPS) is 10.0. The van der Waals surface area contributed by atoms with Crippen LogP contribution in [0.3, 0.4) is 0 Å². The van der Waals surface area contributed by atoms with Crippen LogP contribution >= 0.6 is 11.3 Å². The van der Waals surface area contributed by atoms with E-state index in [2.05, 4.69) is 11.6 Å². The lowest BCUT2D eigenvalue weighted by molar-refractivity contribution is 0.393. The highest BCUT2D eigenvalue weighted by atomic mass is 32.1. The van der Waals surface area contributed by atoms with E-state index in [1.807, 2.05) is 23.6 Å². The summed E-state index contributed by atoms with van der Waals surface area (Å²) in [6, 6.07) is 5.66. The maximum atomic E-state index is 5.34. The van der Waals surface area contributed by atoms with Gasteiger partial charge in [0, 0.05) is 28.8 Å². The van der Waals surface area contributed by atoms with Crippen LogP contribution in [-0.2, 0) is 0 Å². The first-order valence-electron chi connectivity index (χ1n) is 5.07. The van der Waals surface area contributed by atoms with Gasteiger partial charge in [0.25, 0.3) is 0 Å². The van der Waals surface area contributed by atoms with E-state index in [-0.39, 0.29) is 0 Å². The molecule has 0 fully saturated rings. The standard InChI is InChI=1S/C13H13NO2S/c1-9(13-14-6-7-17-13)11-5-4-10(15-2)8-12(11)16-3/h4-8H,1H2,2-3H3. The van der Waals surface area contributed by atoms with Gasteiger partial charge in [-0.2, -0.15) is 0 Å². The monoisotopic (exact) mass is 247 g/mol. The Morgan fingerprint density at radius 3 is 2.71 bits per heavy atom. The molecule has 1 heterocycles.